The maximum atomic E-state index is 12.1. The third kappa shape index (κ3) is 3.95. The Morgan fingerprint density at radius 2 is 2.05 bits per heavy atom. The summed E-state index contributed by atoms with van der Waals surface area (Å²) in [5.74, 6) is 0.443. The van der Waals surface area contributed by atoms with E-state index in [-0.39, 0.29) is 5.91 Å². The number of nitriles is 1. The molecule has 0 spiro atoms. The second-order valence-electron chi connectivity index (χ2n) is 4.27. The Kier molecular flexibility index (Phi) is 4.73. The minimum Gasteiger partial charge on any atom is -0.490 e. The zero-order valence-corrected chi connectivity index (χ0v) is 11.4. The van der Waals surface area contributed by atoms with E-state index in [2.05, 4.69) is 11.9 Å². The number of carbonyl (C=O) groups is 1. The summed E-state index contributed by atoms with van der Waals surface area (Å²) < 4.78 is 5.35. The molecule has 104 valence electrons. The SMILES string of the molecule is C=CCOc1ccc(C(=O)Nc2cccc(C#N)c2)cc1. The Labute approximate surface area is 123 Å². The van der Waals surface area contributed by atoms with Crippen LogP contribution in [0.2, 0.25) is 0 Å². The summed E-state index contributed by atoms with van der Waals surface area (Å²) >= 11 is 0. The van der Waals surface area contributed by atoms with Gasteiger partial charge in [0.2, 0.25) is 0 Å². The van der Waals surface area contributed by atoms with E-state index in [1.54, 1.807) is 54.6 Å². The van der Waals surface area contributed by atoms with Crippen LogP contribution >= 0.6 is 0 Å². The highest BCUT2D eigenvalue weighted by molar-refractivity contribution is 6.04. The molecule has 0 aliphatic carbocycles. The highest BCUT2D eigenvalue weighted by Gasteiger charge is 2.06. The zero-order valence-electron chi connectivity index (χ0n) is 11.4. The number of hydrogen-bond donors (Lipinski definition) is 1. The lowest BCUT2D eigenvalue weighted by Gasteiger charge is -2.07. The van der Waals surface area contributed by atoms with Crippen molar-refractivity contribution in [2.24, 2.45) is 0 Å². The quantitative estimate of drug-likeness (QED) is 0.853. The second kappa shape index (κ2) is 6.92. The number of nitrogens with zero attached hydrogens (tertiary/aromatic N) is 1. The van der Waals surface area contributed by atoms with Crippen molar-refractivity contribution in [2.75, 3.05) is 11.9 Å². The van der Waals surface area contributed by atoms with Crippen LogP contribution in [0.3, 0.4) is 0 Å². The predicted molar refractivity (Wildman–Crippen MR) is 81.2 cm³/mol. The average molecular weight is 278 g/mol. The van der Waals surface area contributed by atoms with Crippen molar-refractivity contribution in [1.29, 1.82) is 5.26 Å². The molecule has 21 heavy (non-hydrogen) atoms. The number of nitrogens with one attached hydrogen (secondary N) is 1. The molecule has 0 radical (unpaired) electrons. The Balaban J connectivity index is 2.06. The highest BCUT2D eigenvalue weighted by Crippen LogP contribution is 2.15. The van der Waals surface area contributed by atoms with Crippen LogP contribution in [0.15, 0.2) is 61.2 Å². The van der Waals surface area contributed by atoms with Crippen molar-refractivity contribution in [2.45, 2.75) is 0 Å². The Hall–Kier alpha value is -3.06. The maximum absolute atomic E-state index is 12.1. The molecule has 0 saturated carbocycles. The summed E-state index contributed by atoms with van der Waals surface area (Å²) in [7, 11) is 0. The summed E-state index contributed by atoms with van der Waals surface area (Å²) in [5, 5.41) is 11.6. The van der Waals surface area contributed by atoms with Crippen molar-refractivity contribution in [3.63, 3.8) is 0 Å². The molecule has 0 aliphatic heterocycles. The Morgan fingerprint density at radius 1 is 1.29 bits per heavy atom. The van der Waals surface area contributed by atoms with E-state index in [4.69, 9.17) is 10.00 Å². The van der Waals surface area contributed by atoms with Gasteiger partial charge < -0.3 is 10.1 Å². The van der Waals surface area contributed by atoms with Crippen molar-refractivity contribution >= 4 is 11.6 Å². The smallest absolute Gasteiger partial charge is 0.255 e. The minimum atomic E-state index is -0.236. The molecule has 4 heteroatoms. The molecule has 2 rings (SSSR count). The summed E-state index contributed by atoms with van der Waals surface area (Å²) in [5.41, 5.74) is 1.61. The van der Waals surface area contributed by atoms with E-state index in [1.807, 2.05) is 6.07 Å². The van der Waals surface area contributed by atoms with E-state index in [0.29, 0.717) is 29.2 Å². The minimum absolute atomic E-state index is 0.236. The average Bonchev–Trinajstić information content (AvgIpc) is 2.53. The van der Waals surface area contributed by atoms with Gasteiger partial charge in [0.1, 0.15) is 12.4 Å². The summed E-state index contributed by atoms with van der Waals surface area (Å²) in [6.45, 7) is 3.99. The molecule has 0 aromatic heterocycles. The van der Waals surface area contributed by atoms with Crippen LogP contribution in [0.1, 0.15) is 15.9 Å². The first-order chi connectivity index (χ1) is 10.2. The largest absolute Gasteiger partial charge is 0.490 e. The number of anilines is 1. The molecule has 0 unspecified atom stereocenters. The van der Waals surface area contributed by atoms with E-state index in [9.17, 15) is 4.79 Å². The van der Waals surface area contributed by atoms with Gasteiger partial charge >= 0.3 is 0 Å². The molecule has 0 bridgehead atoms. The number of rotatable bonds is 5. The standard InChI is InChI=1S/C17H14N2O2/c1-2-10-21-16-8-6-14(7-9-16)17(20)19-15-5-3-4-13(11-15)12-18/h2-9,11H,1,10H2,(H,19,20). The van der Waals surface area contributed by atoms with Gasteiger partial charge in [0.15, 0.2) is 0 Å². The van der Waals surface area contributed by atoms with Crippen LogP contribution in [-0.2, 0) is 0 Å². The fourth-order valence-electron chi connectivity index (χ4n) is 1.73. The van der Waals surface area contributed by atoms with Crippen LogP contribution < -0.4 is 10.1 Å². The maximum Gasteiger partial charge on any atom is 0.255 e. The third-order valence-corrected chi connectivity index (χ3v) is 2.73. The van der Waals surface area contributed by atoms with Crippen molar-refractivity contribution in [3.05, 3.63) is 72.3 Å². The fraction of sp³-hybridized carbons (Fsp3) is 0.0588. The predicted octanol–water partition coefficient (Wildman–Crippen LogP) is 3.38. The molecule has 1 amide bonds. The van der Waals surface area contributed by atoms with Gasteiger partial charge in [-0.25, -0.2) is 0 Å². The molecule has 1 N–H and O–H groups in total. The van der Waals surface area contributed by atoms with Crippen LogP contribution in [0.5, 0.6) is 5.75 Å². The first-order valence-electron chi connectivity index (χ1n) is 6.38. The molecule has 0 atom stereocenters. The van der Waals surface area contributed by atoms with Crippen molar-refractivity contribution in [3.8, 4) is 11.8 Å². The van der Waals surface area contributed by atoms with Gasteiger partial charge in [-0.15, -0.1) is 0 Å². The van der Waals surface area contributed by atoms with Gasteiger partial charge in [-0.1, -0.05) is 18.7 Å². The molecular formula is C17H14N2O2. The van der Waals surface area contributed by atoms with Gasteiger partial charge in [-0.2, -0.15) is 5.26 Å². The van der Waals surface area contributed by atoms with Crippen LogP contribution in [-0.4, -0.2) is 12.5 Å². The molecule has 4 nitrogen and oxygen atoms in total. The highest BCUT2D eigenvalue weighted by atomic mass is 16.5. The number of amides is 1. The number of hydrogen-bond acceptors (Lipinski definition) is 3. The molecule has 0 fully saturated rings. The lowest BCUT2D eigenvalue weighted by molar-refractivity contribution is 0.102. The van der Waals surface area contributed by atoms with Crippen molar-refractivity contribution in [1.82, 2.24) is 0 Å². The molecule has 0 heterocycles. The van der Waals surface area contributed by atoms with E-state index in [1.165, 1.54) is 0 Å². The molecule has 0 saturated heterocycles. The Bertz CT molecular complexity index is 685. The van der Waals surface area contributed by atoms with Crippen molar-refractivity contribution < 1.29 is 9.53 Å². The van der Waals surface area contributed by atoms with E-state index < -0.39 is 0 Å². The normalized spacial score (nSPS) is 9.48. The Morgan fingerprint density at radius 3 is 2.71 bits per heavy atom. The van der Waals surface area contributed by atoms with Crippen LogP contribution in [0, 0.1) is 11.3 Å². The van der Waals surface area contributed by atoms with E-state index >= 15 is 0 Å². The number of benzene rings is 2. The molecule has 2 aromatic rings. The fourth-order valence-corrected chi connectivity index (χ4v) is 1.73. The lowest BCUT2D eigenvalue weighted by atomic mass is 10.2. The number of ether oxygens (including phenoxy) is 1. The summed E-state index contributed by atoms with van der Waals surface area (Å²) in [4.78, 5) is 12.1. The first kappa shape index (κ1) is 14.4. The van der Waals surface area contributed by atoms with Crippen LogP contribution in [0.25, 0.3) is 0 Å². The lowest BCUT2D eigenvalue weighted by Crippen LogP contribution is -2.11. The van der Waals surface area contributed by atoms with Crippen LogP contribution in [0.4, 0.5) is 5.69 Å². The summed E-state index contributed by atoms with van der Waals surface area (Å²) in [6, 6.07) is 15.6. The monoisotopic (exact) mass is 278 g/mol. The molecule has 0 aliphatic rings. The third-order valence-electron chi connectivity index (χ3n) is 2.73. The summed E-state index contributed by atoms with van der Waals surface area (Å²) in [6.07, 6.45) is 1.66. The van der Waals surface area contributed by atoms with Gasteiger partial charge in [-0.05, 0) is 42.5 Å². The second-order valence-corrected chi connectivity index (χ2v) is 4.27. The number of carbonyl (C=O) groups excluding carboxylic acids is 1. The zero-order chi connectivity index (χ0) is 15.1. The van der Waals surface area contributed by atoms with Gasteiger partial charge in [0.05, 0.1) is 11.6 Å². The van der Waals surface area contributed by atoms with Gasteiger partial charge in [0, 0.05) is 11.3 Å². The topological polar surface area (TPSA) is 62.1 Å². The van der Waals surface area contributed by atoms with E-state index in [0.717, 1.165) is 0 Å². The first-order valence-corrected chi connectivity index (χ1v) is 6.38. The van der Waals surface area contributed by atoms with Gasteiger partial charge in [0.25, 0.3) is 5.91 Å². The molecular weight excluding hydrogens is 264 g/mol. The van der Waals surface area contributed by atoms with Gasteiger partial charge in [-0.3, -0.25) is 4.79 Å². The molecule has 2 aromatic carbocycles.